The van der Waals surface area contributed by atoms with Crippen LogP contribution in [0.1, 0.15) is 38.1 Å². The second kappa shape index (κ2) is 7.39. The van der Waals surface area contributed by atoms with Crippen molar-refractivity contribution >= 4 is 27.5 Å². The third-order valence-corrected chi connectivity index (χ3v) is 4.14. The summed E-state index contributed by atoms with van der Waals surface area (Å²) in [5.41, 5.74) is 2.28. The summed E-state index contributed by atoms with van der Waals surface area (Å²) in [6, 6.07) is 0.487. The van der Waals surface area contributed by atoms with Gasteiger partial charge in [0.2, 0.25) is 0 Å². The number of rotatable bonds is 7. The van der Waals surface area contributed by atoms with Crippen molar-refractivity contribution in [2.45, 2.75) is 52.7 Å². The molecule has 0 bridgehead atoms. The Kier molecular flexibility index (Phi) is 6.52. The summed E-state index contributed by atoms with van der Waals surface area (Å²) in [6.45, 7) is 8.08. The molecular weight excluding hydrogens is 302 g/mol. The average Bonchev–Trinajstić information content (AvgIpc) is 2.60. The van der Waals surface area contributed by atoms with Crippen LogP contribution >= 0.6 is 27.5 Å². The van der Waals surface area contributed by atoms with Crippen LogP contribution < -0.4 is 5.32 Å². The first-order valence-corrected chi connectivity index (χ1v) is 7.44. The molecule has 0 radical (unpaired) electrons. The van der Waals surface area contributed by atoms with Gasteiger partial charge in [0.25, 0.3) is 0 Å². The lowest BCUT2D eigenvalue weighted by molar-refractivity contribution is 0.487. The van der Waals surface area contributed by atoms with E-state index < -0.39 is 0 Å². The van der Waals surface area contributed by atoms with Crippen molar-refractivity contribution in [3.8, 4) is 0 Å². The van der Waals surface area contributed by atoms with Gasteiger partial charge in [0, 0.05) is 25.0 Å². The fourth-order valence-electron chi connectivity index (χ4n) is 1.79. The first-order chi connectivity index (χ1) is 8.10. The van der Waals surface area contributed by atoms with Crippen molar-refractivity contribution in [1.82, 2.24) is 15.1 Å². The Morgan fingerprint density at radius 1 is 1.53 bits per heavy atom. The van der Waals surface area contributed by atoms with E-state index in [0.717, 1.165) is 42.0 Å². The highest BCUT2D eigenvalue weighted by Gasteiger charge is 2.12. The fourth-order valence-corrected chi connectivity index (χ4v) is 2.37. The monoisotopic (exact) mass is 321 g/mol. The standard InChI is InChI=1S/C12H21BrClN3/c1-4-17-11(12(13)10(3)16-17)8-15-9(2)6-5-7-14/h9,15H,4-8H2,1-3H3. The van der Waals surface area contributed by atoms with Gasteiger partial charge in [-0.25, -0.2) is 0 Å². The minimum absolute atomic E-state index is 0.487. The van der Waals surface area contributed by atoms with Crippen LogP contribution in [0.2, 0.25) is 0 Å². The molecular formula is C12H21BrClN3. The maximum Gasteiger partial charge on any atom is 0.0739 e. The molecule has 0 aliphatic carbocycles. The van der Waals surface area contributed by atoms with Crippen molar-refractivity contribution in [2.24, 2.45) is 0 Å². The zero-order valence-electron chi connectivity index (χ0n) is 10.8. The van der Waals surface area contributed by atoms with E-state index in [0.29, 0.717) is 6.04 Å². The summed E-state index contributed by atoms with van der Waals surface area (Å²) in [7, 11) is 0. The maximum absolute atomic E-state index is 5.69. The number of halogens is 2. The number of nitrogens with zero attached hydrogens (tertiary/aromatic N) is 2. The van der Waals surface area contributed by atoms with E-state index in [2.05, 4.69) is 40.2 Å². The molecule has 98 valence electrons. The molecule has 17 heavy (non-hydrogen) atoms. The summed E-state index contributed by atoms with van der Waals surface area (Å²) < 4.78 is 3.16. The quantitative estimate of drug-likeness (QED) is 0.779. The Labute approximate surface area is 117 Å². The minimum Gasteiger partial charge on any atom is -0.309 e. The zero-order chi connectivity index (χ0) is 12.8. The highest BCUT2D eigenvalue weighted by molar-refractivity contribution is 9.10. The van der Waals surface area contributed by atoms with Crippen LogP contribution in [0, 0.1) is 6.92 Å². The van der Waals surface area contributed by atoms with E-state index in [1.54, 1.807) is 0 Å². The summed E-state index contributed by atoms with van der Waals surface area (Å²) in [4.78, 5) is 0. The largest absolute Gasteiger partial charge is 0.309 e. The van der Waals surface area contributed by atoms with Gasteiger partial charge < -0.3 is 5.32 Å². The van der Waals surface area contributed by atoms with Gasteiger partial charge in [0.1, 0.15) is 0 Å². The first kappa shape index (κ1) is 15.0. The molecule has 0 saturated carbocycles. The molecule has 0 saturated heterocycles. The first-order valence-electron chi connectivity index (χ1n) is 6.11. The van der Waals surface area contributed by atoms with Crippen LogP contribution in [0.15, 0.2) is 4.47 Å². The van der Waals surface area contributed by atoms with Crippen molar-refractivity contribution in [3.63, 3.8) is 0 Å². The molecule has 1 N–H and O–H groups in total. The molecule has 1 aromatic heterocycles. The van der Waals surface area contributed by atoms with Crippen molar-refractivity contribution in [1.29, 1.82) is 0 Å². The minimum atomic E-state index is 0.487. The molecule has 0 fully saturated rings. The molecule has 0 aliphatic rings. The van der Waals surface area contributed by atoms with Crippen LogP contribution in [-0.4, -0.2) is 21.7 Å². The Morgan fingerprint density at radius 3 is 2.82 bits per heavy atom. The van der Waals surface area contributed by atoms with Gasteiger partial charge in [-0.2, -0.15) is 5.10 Å². The summed E-state index contributed by atoms with van der Waals surface area (Å²) in [5.74, 6) is 0.738. The van der Waals surface area contributed by atoms with Crippen LogP contribution in [0.4, 0.5) is 0 Å². The van der Waals surface area contributed by atoms with Gasteiger partial charge in [-0.05, 0) is 49.5 Å². The SMILES string of the molecule is CCn1nc(C)c(Br)c1CNC(C)CCCCl. The lowest BCUT2D eigenvalue weighted by Gasteiger charge is -2.14. The Morgan fingerprint density at radius 2 is 2.24 bits per heavy atom. The van der Waals surface area contributed by atoms with Gasteiger partial charge in [0.15, 0.2) is 0 Å². The summed E-state index contributed by atoms with van der Waals surface area (Å²) >= 11 is 9.29. The number of aromatic nitrogens is 2. The number of alkyl halides is 1. The lowest BCUT2D eigenvalue weighted by atomic mass is 10.2. The van der Waals surface area contributed by atoms with Gasteiger partial charge in [-0.1, -0.05) is 0 Å². The van der Waals surface area contributed by atoms with Crippen molar-refractivity contribution in [3.05, 3.63) is 15.9 Å². The predicted octanol–water partition coefficient (Wildman–Crippen LogP) is 3.47. The molecule has 1 aromatic rings. The summed E-state index contributed by atoms with van der Waals surface area (Å²) in [5, 5.41) is 7.99. The molecule has 0 amide bonds. The molecule has 1 atom stereocenters. The second-order valence-electron chi connectivity index (χ2n) is 4.28. The number of hydrogen-bond acceptors (Lipinski definition) is 2. The van der Waals surface area contributed by atoms with E-state index in [1.165, 1.54) is 5.69 Å². The Bertz CT molecular complexity index is 352. The average molecular weight is 323 g/mol. The van der Waals surface area contributed by atoms with Gasteiger partial charge in [0.05, 0.1) is 15.9 Å². The number of aryl methyl sites for hydroxylation is 2. The molecule has 3 nitrogen and oxygen atoms in total. The van der Waals surface area contributed by atoms with Crippen LogP contribution in [0.5, 0.6) is 0 Å². The molecule has 0 spiro atoms. The highest BCUT2D eigenvalue weighted by Crippen LogP contribution is 2.21. The predicted molar refractivity (Wildman–Crippen MR) is 76.6 cm³/mol. The maximum atomic E-state index is 5.69. The fraction of sp³-hybridized carbons (Fsp3) is 0.750. The van der Waals surface area contributed by atoms with E-state index in [-0.39, 0.29) is 0 Å². The smallest absolute Gasteiger partial charge is 0.0739 e. The van der Waals surface area contributed by atoms with E-state index in [4.69, 9.17) is 11.6 Å². The van der Waals surface area contributed by atoms with E-state index in [1.807, 2.05) is 11.6 Å². The Balaban J connectivity index is 2.56. The van der Waals surface area contributed by atoms with Crippen molar-refractivity contribution in [2.75, 3.05) is 5.88 Å². The Hall–Kier alpha value is -0.0600. The third-order valence-electron chi connectivity index (χ3n) is 2.84. The molecule has 1 rings (SSSR count). The van der Waals surface area contributed by atoms with Crippen LogP contribution in [0.25, 0.3) is 0 Å². The molecule has 1 heterocycles. The zero-order valence-corrected chi connectivity index (χ0v) is 13.1. The van der Waals surface area contributed by atoms with Crippen molar-refractivity contribution < 1.29 is 0 Å². The molecule has 1 unspecified atom stereocenters. The van der Waals surface area contributed by atoms with Crippen LogP contribution in [-0.2, 0) is 13.1 Å². The molecule has 0 aliphatic heterocycles. The lowest BCUT2D eigenvalue weighted by Crippen LogP contribution is -2.27. The van der Waals surface area contributed by atoms with Crippen LogP contribution in [0.3, 0.4) is 0 Å². The van der Waals surface area contributed by atoms with Gasteiger partial charge >= 0.3 is 0 Å². The van der Waals surface area contributed by atoms with E-state index >= 15 is 0 Å². The third kappa shape index (κ3) is 4.27. The normalized spacial score (nSPS) is 13.0. The molecule has 0 aromatic carbocycles. The topological polar surface area (TPSA) is 29.9 Å². The second-order valence-corrected chi connectivity index (χ2v) is 5.45. The summed E-state index contributed by atoms with van der Waals surface area (Å²) in [6.07, 6.45) is 2.17. The van der Waals surface area contributed by atoms with E-state index in [9.17, 15) is 0 Å². The van der Waals surface area contributed by atoms with Gasteiger partial charge in [-0.3, -0.25) is 4.68 Å². The number of hydrogen-bond donors (Lipinski definition) is 1. The highest BCUT2D eigenvalue weighted by atomic mass is 79.9. The molecule has 5 heteroatoms. The number of nitrogens with one attached hydrogen (secondary N) is 1. The van der Waals surface area contributed by atoms with Gasteiger partial charge in [-0.15, -0.1) is 11.6 Å².